The SMILES string of the molecule is CC(C)c1ccc(NC(=O)N[C@@H](CC(=O)O)C(=O)O)cc1. The topological polar surface area (TPSA) is 116 Å². The summed E-state index contributed by atoms with van der Waals surface area (Å²) in [5.74, 6) is -2.34. The van der Waals surface area contributed by atoms with Gasteiger partial charge in [-0.15, -0.1) is 0 Å². The Bertz CT molecular complexity index is 525. The number of carboxylic acid groups (broad SMARTS) is 2. The number of nitrogens with one attached hydrogen (secondary N) is 2. The molecule has 0 aliphatic carbocycles. The summed E-state index contributed by atoms with van der Waals surface area (Å²) in [4.78, 5) is 33.0. The van der Waals surface area contributed by atoms with Gasteiger partial charge < -0.3 is 20.8 Å². The smallest absolute Gasteiger partial charge is 0.326 e. The Balaban J connectivity index is 2.63. The summed E-state index contributed by atoms with van der Waals surface area (Å²) in [5.41, 5.74) is 1.60. The second kappa shape index (κ2) is 7.28. The van der Waals surface area contributed by atoms with Gasteiger partial charge in [-0.2, -0.15) is 0 Å². The fourth-order valence-corrected chi connectivity index (χ4v) is 1.65. The van der Waals surface area contributed by atoms with Gasteiger partial charge in [0.15, 0.2) is 0 Å². The van der Waals surface area contributed by atoms with Crippen LogP contribution in [0.4, 0.5) is 10.5 Å². The van der Waals surface area contributed by atoms with E-state index >= 15 is 0 Å². The highest BCUT2D eigenvalue weighted by Crippen LogP contribution is 2.17. The van der Waals surface area contributed by atoms with E-state index in [0.717, 1.165) is 5.56 Å². The first kappa shape index (κ1) is 16.5. The van der Waals surface area contributed by atoms with Crippen LogP contribution in [0.1, 0.15) is 31.7 Å². The van der Waals surface area contributed by atoms with Crippen molar-refractivity contribution in [1.82, 2.24) is 5.32 Å². The maximum Gasteiger partial charge on any atom is 0.326 e. The maximum atomic E-state index is 11.6. The minimum atomic E-state index is -1.47. The van der Waals surface area contributed by atoms with Crippen LogP contribution in [-0.2, 0) is 9.59 Å². The van der Waals surface area contributed by atoms with E-state index in [0.29, 0.717) is 11.6 Å². The van der Waals surface area contributed by atoms with E-state index in [1.54, 1.807) is 12.1 Å². The molecular weight excluding hydrogens is 276 g/mol. The molecule has 0 heterocycles. The Morgan fingerprint density at radius 3 is 2.10 bits per heavy atom. The molecular formula is C14H18N2O5. The van der Waals surface area contributed by atoms with Crippen LogP contribution in [-0.4, -0.2) is 34.2 Å². The van der Waals surface area contributed by atoms with Crippen molar-refractivity contribution >= 4 is 23.7 Å². The number of hydrogen-bond donors (Lipinski definition) is 4. The van der Waals surface area contributed by atoms with Crippen molar-refractivity contribution in [2.24, 2.45) is 0 Å². The fraction of sp³-hybridized carbons (Fsp3) is 0.357. The zero-order valence-electron chi connectivity index (χ0n) is 11.8. The first-order chi connectivity index (χ1) is 9.79. The van der Waals surface area contributed by atoms with Gasteiger partial charge in [-0.3, -0.25) is 4.79 Å². The number of benzene rings is 1. The Labute approximate surface area is 122 Å². The van der Waals surface area contributed by atoms with Crippen LogP contribution in [0.3, 0.4) is 0 Å². The molecule has 114 valence electrons. The van der Waals surface area contributed by atoms with Gasteiger partial charge in [-0.25, -0.2) is 9.59 Å². The molecule has 0 fully saturated rings. The number of amides is 2. The number of urea groups is 1. The second-order valence-electron chi connectivity index (χ2n) is 4.86. The van der Waals surface area contributed by atoms with Crippen LogP contribution in [0.5, 0.6) is 0 Å². The van der Waals surface area contributed by atoms with Crippen LogP contribution >= 0.6 is 0 Å². The zero-order valence-corrected chi connectivity index (χ0v) is 11.8. The molecule has 1 rings (SSSR count). The number of aliphatic carboxylic acids is 2. The highest BCUT2D eigenvalue weighted by Gasteiger charge is 2.22. The largest absolute Gasteiger partial charge is 0.481 e. The monoisotopic (exact) mass is 294 g/mol. The minimum Gasteiger partial charge on any atom is -0.481 e. The normalized spacial score (nSPS) is 11.8. The van der Waals surface area contributed by atoms with Gasteiger partial charge in [-0.05, 0) is 23.6 Å². The van der Waals surface area contributed by atoms with Crippen LogP contribution in [0.2, 0.25) is 0 Å². The molecule has 0 spiro atoms. The Hall–Kier alpha value is -2.57. The van der Waals surface area contributed by atoms with E-state index < -0.39 is 30.4 Å². The summed E-state index contributed by atoms with van der Waals surface area (Å²) < 4.78 is 0. The standard InChI is InChI=1S/C14H18N2O5/c1-8(2)9-3-5-10(6-4-9)15-14(21)16-11(13(19)20)7-12(17)18/h3-6,8,11H,7H2,1-2H3,(H,17,18)(H,19,20)(H2,15,16,21)/t11-/m0/s1. The quantitative estimate of drug-likeness (QED) is 0.639. The fourth-order valence-electron chi connectivity index (χ4n) is 1.65. The molecule has 21 heavy (non-hydrogen) atoms. The van der Waals surface area contributed by atoms with Crippen molar-refractivity contribution in [3.63, 3.8) is 0 Å². The summed E-state index contributed by atoms with van der Waals surface area (Å²) in [6.45, 7) is 4.08. The molecule has 0 aromatic heterocycles. The molecule has 7 nitrogen and oxygen atoms in total. The third-order valence-electron chi connectivity index (χ3n) is 2.82. The van der Waals surface area contributed by atoms with Gasteiger partial charge in [0.1, 0.15) is 6.04 Å². The molecule has 1 aromatic rings. The van der Waals surface area contributed by atoms with Crippen molar-refractivity contribution in [3.8, 4) is 0 Å². The summed E-state index contributed by atoms with van der Waals surface area (Å²) in [6, 6.07) is 4.86. The maximum absolute atomic E-state index is 11.6. The first-order valence-corrected chi connectivity index (χ1v) is 6.41. The average molecular weight is 294 g/mol. The number of carbonyl (C=O) groups is 3. The number of rotatable bonds is 6. The lowest BCUT2D eigenvalue weighted by molar-refractivity contribution is -0.145. The first-order valence-electron chi connectivity index (χ1n) is 6.41. The molecule has 4 N–H and O–H groups in total. The van der Waals surface area contributed by atoms with Gasteiger partial charge in [0.05, 0.1) is 6.42 Å². The Morgan fingerprint density at radius 1 is 1.10 bits per heavy atom. The van der Waals surface area contributed by atoms with Gasteiger partial charge in [0.2, 0.25) is 0 Å². The van der Waals surface area contributed by atoms with Gasteiger partial charge in [0, 0.05) is 5.69 Å². The Kier molecular flexibility index (Phi) is 5.71. The van der Waals surface area contributed by atoms with Crippen LogP contribution in [0.25, 0.3) is 0 Å². The third kappa shape index (κ3) is 5.52. The lowest BCUT2D eigenvalue weighted by Gasteiger charge is -2.13. The van der Waals surface area contributed by atoms with Crippen molar-refractivity contribution < 1.29 is 24.6 Å². The van der Waals surface area contributed by atoms with E-state index in [2.05, 4.69) is 10.6 Å². The molecule has 0 bridgehead atoms. The molecule has 0 unspecified atom stereocenters. The van der Waals surface area contributed by atoms with Gasteiger partial charge in [0.25, 0.3) is 0 Å². The van der Waals surface area contributed by atoms with Crippen LogP contribution in [0.15, 0.2) is 24.3 Å². The number of hydrogen-bond acceptors (Lipinski definition) is 3. The average Bonchev–Trinajstić information content (AvgIpc) is 2.37. The van der Waals surface area contributed by atoms with E-state index in [4.69, 9.17) is 10.2 Å². The van der Waals surface area contributed by atoms with Crippen molar-refractivity contribution in [1.29, 1.82) is 0 Å². The lowest BCUT2D eigenvalue weighted by atomic mass is 10.0. The molecule has 7 heteroatoms. The molecule has 1 atom stereocenters. The summed E-state index contributed by atoms with van der Waals surface area (Å²) >= 11 is 0. The predicted molar refractivity (Wildman–Crippen MR) is 76.4 cm³/mol. The van der Waals surface area contributed by atoms with Gasteiger partial charge in [-0.1, -0.05) is 26.0 Å². The minimum absolute atomic E-state index is 0.361. The van der Waals surface area contributed by atoms with Crippen molar-refractivity contribution in [2.75, 3.05) is 5.32 Å². The van der Waals surface area contributed by atoms with Crippen molar-refractivity contribution in [3.05, 3.63) is 29.8 Å². The molecule has 2 amide bonds. The summed E-state index contributed by atoms with van der Waals surface area (Å²) in [5, 5.41) is 22.0. The molecule has 0 radical (unpaired) electrons. The number of carbonyl (C=O) groups excluding carboxylic acids is 1. The highest BCUT2D eigenvalue weighted by molar-refractivity contribution is 5.93. The zero-order chi connectivity index (χ0) is 16.0. The van der Waals surface area contributed by atoms with Crippen LogP contribution < -0.4 is 10.6 Å². The third-order valence-corrected chi connectivity index (χ3v) is 2.82. The summed E-state index contributed by atoms with van der Waals surface area (Å²) in [6.07, 6.45) is -0.685. The number of anilines is 1. The highest BCUT2D eigenvalue weighted by atomic mass is 16.4. The number of carboxylic acids is 2. The molecule has 1 aromatic carbocycles. The second-order valence-corrected chi connectivity index (χ2v) is 4.86. The van der Waals surface area contributed by atoms with Gasteiger partial charge >= 0.3 is 18.0 Å². The van der Waals surface area contributed by atoms with E-state index in [-0.39, 0.29) is 0 Å². The molecule has 0 saturated heterocycles. The summed E-state index contributed by atoms with van der Waals surface area (Å²) in [7, 11) is 0. The van der Waals surface area contributed by atoms with Crippen LogP contribution in [0, 0.1) is 0 Å². The Morgan fingerprint density at radius 2 is 1.67 bits per heavy atom. The van der Waals surface area contributed by atoms with Crippen molar-refractivity contribution in [2.45, 2.75) is 32.2 Å². The molecule has 0 aliphatic rings. The molecule has 0 saturated carbocycles. The van der Waals surface area contributed by atoms with E-state index in [1.807, 2.05) is 26.0 Å². The lowest BCUT2D eigenvalue weighted by Crippen LogP contribution is -2.44. The predicted octanol–water partition coefficient (Wildman–Crippen LogP) is 1.86. The molecule has 0 aliphatic heterocycles. The van der Waals surface area contributed by atoms with E-state index in [1.165, 1.54) is 0 Å². The van der Waals surface area contributed by atoms with E-state index in [9.17, 15) is 14.4 Å².